The molecule has 126 valence electrons. The number of benzene rings is 1. The van der Waals surface area contributed by atoms with Crippen LogP contribution in [-0.4, -0.2) is 34.2 Å². The first-order chi connectivity index (χ1) is 11.5. The van der Waals surface area contributed by atoms with Crippen molar-refractivity contribution >= 4 is 29.0 Å². The fraction of sp³-hybridized carbons (Fsp3) is 0.471. The van der Waals surface area contributed by atoms with E-state index < -0.39 is 0 Å². The average molecular weight is 345 g/mol. The molecule has 2 aliphatic rings. The average Bonchev–Trinajstić information content (AvgIpc) is 3.20. The highest BCUT2D eigenvalue weighted by molar-refractivity contribution is 7.71. The summed E-state index contributed by atoms with van der Waals surface area (Å²) in [7, 11) is 1.62. The van der Waals surface area contributed by atoms with Gasteiger partial charge in [0.15, 0.2) is 4.77 Å². The fourth-order valence-electron chi connectivity index (χ4n) is 3.73. The first kappa shape index (κ1) is 15.5. The van der Waals surface area contributed by atoms with Crippen molar-refractivity contribution in [2.24, 2.45) is 13.0 Å². The summed E-state index contributed by atoms with van der Waals surface area (Å²) in [6.45, 7) is 0.630. The number of rotatable bonds is 3. The van der Waals surface area contributed by atoms with Gasteiger partial charge in [-0.25, -0.2) is 0 Å². The number of nitrogens with one attached hydrogen (secondary N) is 2. The Labute approximate surface area is 143 Å². The zero-order valence-electron chi connectivity index (χ0n) is 13.4. The predicted octanol–water partition coefficient (Wildman–Crippen LogP) is 1.89. The Hall–Kier alpha value is -1.99. The van der Waals surface area contributed by atoms with E-state index in [0.29, 0.717) is 45.9 Å². The molecule has 0 unspecified atom stereocenters. The van der Waals surface area contributed by atoms with E-state index in [2.05, 4.69) is 10.3 Å². The lowest BCUT2D eigenvalue weighted by Crippen LogP contribution is -2.33. The van der Waals surface area contributed by atoms with Gasteiger partial charge in [-0.3, -0.25) is 14.2 Å². The third-order valence-electron chi connectivity index (χ3n) is 5.12. The normalized spacial score (nSPS) is 25.3. The Morgan fingerprint density at radius 2 is 2.29 bits per heavy atom. The third-order valence-corrected chi connectivity index (χ3v) is 5.50. The lowest BCUT2D eigenvalue weighted by Gasteiger charge is -2.18. The highest BCUT2D eigenvalue weighted by Crippen LogP contribution is 2.38. The second-order valence-corrected chi connectivity index (χ2v) is 7.02. The second kappa shape index (κ2) is 5.82. The van der Waals surface area contributed by atoms with Crippen molar-refractivity contribution in [1.82, 2.24) is 14.9 Å². The van der Waals surface area contributed by atoms with Gasteiger partial charge in [0.05, 0.1) is 23.1 Å². The molecule has 3 atom stereocenters. The van der Waals surface area contributed by atoms with Crippen LogP contribution in [0.2, 0.25) is 0 Å². The van der Waals surface area contributed by atoms with Gasteiger partial charge in [-0.2, -0.15) is 0 Å². The molecule has 1 aromatic heterocycles. The number of amides is 1. The summed E-state index contributed by atoms with van der Waals surface area (Å²) in [4.78, 5) is 27.6. The molecule has 1 aromatic carbocycles. The standard InChI is InChI=1S/C17H19N3O3S/c1-20-16(22)12-4-2-9(7-13(12)19-17(20)24)15(21)18-8-10-6-11-3-5-14(10)23-11/h2,4,7,10-11,14H,3,5-6,8H2,1H3,(H,18,21)(H,19,24)/t10-,11-,14-/m1/s1. The van der Waals surface area contributed by atoms with Crippen LogP contribution in [0.15, 0.2) is 23.0 Å². The molecule has 0 aliphatic carbocycles. The Kier molecular flexibility index (Phi) is 3.77. The second-order valence-electron chi connectivity index (χ2n) is 6.63. The van der Waals surface area contributed by atoms with E-state index in [9.17, 15) is 9.59 Å². The van der Waals surface area contributed by atoms with Crippen molar-refractivity contribution in [2.45, 2.75) is 31.5 Å². The molecule has 1 amide bonds. The minimum absolute atomic E-state index is 0.139. The van der Waals surface area contributed by atoms with E-state index in [1.807, 2.05) is 0 Å². The van der Waals surface area contributed by atoms with E-state index in [4.69, 9.17) is 17.0 Å². The molecule has 0 saturated carbocycles. The summed E-state index contributed by atoms with van der Waals surface area (Å²) < 4.78 is 7.53. The molecule has 2 bridgehead atoms. The molecule has 6 nitrogen and oxygen atoms in total. The van der Waals surface area contributed by atoms with Crippen molar-refractivity contribution in [3.8, 4) is 0 Å². The maximum absolute atomic E-state index is 12.4. The highest BCUT2D eigenvalue weighted by Gasteiger charge is 2.40. The van der Waals surface area contributed by atoms with Gasteiger partial charge in [-0.15, -0.1) is 0 Å². The van der Waals surface area contributed by atoms with Gasteiger partial charge < -0.3 is 15.0 Å². The number of ether oxygens (including phenoxy) is 1. The molecule has 2 fully saturated rings. The number of H-pyrrole nitrogens is 1. The zero-order valence-corrected chi connectivity index (χ0v) is 14.2. The van der Waals surface area contributed by atoms with Crippen LogP contribution < -0.4 is 10.9 Å². The number of carbonyl (C=O) groups excluding carboxylic acids is 1. The number of aromatic amines is 1. The summed E-state index contributed by atoms with van der Waals surface area (Å²) >= 11 is 5.12. The van der Waals surface area contributed by atoms with Crippen molar-refractivity contribution in [2.75, 3.05) is 6.54 Å². The van der Waals surface area contributed by atoms with Gasteiger partial charge in [0.25, 0.3) is 11.5 Å². The number of hydrogen-bond acceptors (Lipinski definition) is 4. The van der Waals surface area contributed by atoms with Crippen molar-refractivity contribution in [3.63, 3.8) is 0 Å². The summed E-state index contributed by atoms with van der Waals surface area (Å²) in [5.41, 5.74) is 0.935. The van der Waals surface area contributed by atoms with E-state index in [0.717, 1.165) is 19.3 Å². The lowest BCUT2D eigenvalue weighted by atomic mass is 9.89. The largest absolute Gasteiger partial charge is 0.375 e. The fourth-order valence-corrected chi connectivity index (χ4v) is 3.92. The van der Waals surface area contributed by atoms with Crippen molar-refractivity contribution in [1.29, 1.82) is 0 Å². The van der Waals surface area contributed by atoms with Crippen LogP contribution in [0.5, 0.6) is 0 Å². The molecule has 2 saturated heterocycles. The molecule has 2 aliphatic heterocycles. The molecule has 4 rings (SSSR count). The number of nitrogens with zero attached hydrogens (tertiary/aromatic N) is 1. The molecule has 2 N–H and O–H groups in total. The first-order valence-corrected chi connectivity index (χ1v) is 8.60. The Morgan fingerprint density at radius 1 is 1.46 bits per heavy atom. The maximum atomic E-state index is 12.4. The van der Waals surface area contributed by atoms with Gasteiger partial charge >= 0.3 is 0 Å². The topological polar surface area (TPSA) is 76.1 Å². The Balaban J connectivity index is 1.53. The molecule has 3 heterocycles. The molecule has 2 aromatic rings. The van der Waals surface area contributed by atoms with Crippen LogP contribution >= 0.6 is 12.2 Å². The number of fused-ring (bicyclic) bond motifs is 3. The van der Waals surface area contributed by atoms with Gasteiger partial charge in [0.2, 0.25) is 0 Å². The van der Waals surface area contributed by atoms with Crippen LogP contribution in [0.3, 0.4) is 0 Å². The van der Waals surface area contributed by atoms with Gasteiger partial charge in [0.1, 0.15) is 0 Å². The smallest absolute Gasteiger partial charge is 0.261 e. The summed E-state index contributed by atoms with van der Waals surface area (Å²) in [6, 6.07) is 5.02. The van der Waals surface area contributed by atoms with E-state index in [-0.39, 0.29) is 11.5 Å². The maximum Gasteiger partial charge on any atom is 0.261 e. The minimum Gasteiger partial charge on any atom is -0.375 e. The van der Waals surface area contributed by atoms with Crippen molar-refractivity contribution < 1.29 is 9.53 Å². The molecule has 0 radical (unpaired) electrons. The van der Waals surface area contributed by atoms with Crippen LogP contribution in [0.4, 0.5) is 0 Å². The first-order valence-electron chi connectivity index (χ1n) is 8.19. The van der Waals surface area contributed by atoms with Gasteiger partial charge in [-0.05, 0) is 49.7 Å². The molecular weight excluding hydrogens is 326 g/mol. The van der Waals surface area contributed by atoms with Crippen LogP contribution in [-0.2, 0) is 11.8 Å². The highest BCUT2D eigenvalue weighted by atomic mass is 32.1. The van der Waals surface area contributed by atoms with Crippen LogP contribution in [0.25, 0.3) is 10.9 Å². The SMILES string of the molecule is Cn1c(=S)[nH]c2cc(C(=O)NC[C@H]3C[C@H]4CC[C@H]3O4)ccc2c1=O. The van der Waals surface area contributed by atoms with Gasteiger partial charge in [-0.1, -0.05) is 0 Å². The van der Waals surface area contributed by atoms with Gasteiger partial charge in [0, 0.05) is 25.1 Å². The zero-order chi connectivity index (χ0) is 16.8. The summed E-state index contributed by atoms with van der Waals surface area (Å²) in [6.07, 6.45) is 3.96. The summed E-state index contributed by atoms with van der Waals surface area (Å²) in [5, 5.41) is 3.51. The molecule has 0 spiro atoms. The lowest BCUT2D eigenvalue weighted by molar-refractivity contribution is 0.0873. The number of hydrogen-bond donors (Lipinski definition) is 2. The minimum atomic E-state index is -0.167. The molecule has 24 heavy (non-hydrogen) atoms. The Bertz CT molecular complexity index is 933. The van der Waals surface area contributed by atoms with E-state index in [1.165, 1.54) is 4.57 Å². The third kappa shape index (κ3) is 2.57. The van der Waals surface area contributed by atoms with E-state index >= 15 is 0 Å². The number of aromatic nitrogens is 2. The predicted molar refractivity (Wildman–Crippen MR) is 92.7 cm³/mol. The van der Waals surface area contributed by atoms with Crippen LogP contribution in [0.1, 0.15) is 29.6 Å². The number of carbonyl (C=O) groups is 1. The quantitative estimate of drug-likeness (QED) is 0.833. The summed E-state index contributed by atoms with van der Waals surface area (Å²) in [5.74, 6) is 0.269. The monoisotopic (exact) mass is 345 g/mol. The van der Waals surface area contributed by atoms with Crippen molar-refractivity contribution in [3.05, 3.63) is 38.9 Å². The Morgan fingerprint density at radius 3 is 3.00 bits per heavy atom. The molecule has 7 heteroatoms. The van der Waals surface area contributed by atoms with Crippen LogP contribution in [0, 0.1) is 10.7 Å². The van der Waals surface area contributed by atoms with E-state index in [1.54, 1.807) is 25.2 Å². The molecular formula is C17H19N3O3S.